The normalized spacial score (nSPS) is 19.0. The highest BCUT2D eigenvalue weighted by atomic mass is 79.9. The summed E-state index contributed by atoms with van der Waals surface area (Å²) in [5.74, 6) is 1.47. The van der Waals surface area contributed by atoms with Crippen molar-refractivity contribution in [2.24, 2.45) is 0 Å². The molecule has 152 valence electrons. The molecule has 5 nitrogen and oxygen atoms in total. The van der Waals surface area contributed by atoms with Gasteiger partial charge in [-0.2, -0.15) is 10.1 Å². The van der Waals surface area contributed by atoms with Crippen LogP contribution >= 0.6 is 27.5 Å². The SMILES string of the molecule is Clc1ccc2c(c1)C1=C(C(c3ccc(Br)cc3)O2)C(c2ccccc2)n2ncnc2N1. The molecule has 4 aromatic rings. The monoisotopic (exact) mass is 490 g/mol. The van der Waals surface area contributed by atoms with Crippen LogP contribution in [0.5, 0.6) is 5.75 Å². The van der Waals surface area contributed by atoms with Gasteiger partial charge >= 0.3 is 0 Å². The average molecular weight is 492 g/mol. The summed E-state index contributed by atoms with van der Waals surface area (Å²) in [4.78, 5) is 4.45. The standard InChI is InChI=1S/C24H16BrClN4O/c25-16-8-6-15(7-9-16)23-20-21(18-12-17(26)10-11-19(18)31-23)29-24-27-13-28-30(24)22(20)14-4-2-1-3-5-14/h1-13,22-23H,(H,27,28,29). The van der Waals surface area contributed by atoms with Crippen molar-refractivity contribution in [2.75, 3.05) is 5.32 Å². The smallest absolute Gasteiger partial charge is 0.226 e. The summed E-state index contributed by atoms with van der Waals surface area (Å²) in [5, 5.41) is 8.69. The maximum atomic E-state index is 6.59. The fraction of sp³-hybridized carbons (Fsp3) is 0.0833. The number of rotatable bonds is 2. The number of hydrogen-bond acceptors (Lipinski definition) is 4. The zero-order valence-electron chi connectivity index (χ0n) is 16.2. The lowest BCUT2D eigenvalue weighted by Crippen LogP contribution is -2.32. The molecule has 7 heteroatoms. The first-order valence-electron chi connectivity index (χ1n) is 9.86. The van der Waals surface area contributed by atoms with Crippen molar-refractivity contribution < 1.29 is 4.74 Å². The van der Waals surface area contributed by atoms with Crippen LogP contribution in [-0.4, -0.2) is 14.8 Å². The first-order valence-corrected chi connectivity index (χ1v) is 11.0. The molecule has 0 bridgehead atoms. The molecule has 31 heavy (non-hydrogen) atoms. The van der Waals surface area contributed by atoms with Crippen molar-refractivity contribution in [3.63, 3.8) is 0 Å². The third-order valence-electron chi connectivity index (χ3n) is 5.66. The lowest BCUT2D eigenvalue weighted by atomic mass is 9.84. The van der Waals surface area contributed by atoms with E-state index in [0.717, 1.165) is 38.2 Å². The largest absolute Gasteiger partial charge is 0.480 e. The van der Waals surface area contributed by atoms with Gasteiger partial charge in [0.15, 0.2) is 0 Å². The second kappa shape index (κ2) is 7.25. The molecule has 0 saturated heterocycles. The van der Waals surface area contributed by atoms with Gasteiger partial charge < -0.3 is 10.1 Å². The van der Waals surface area contributed by atoms with E-state index < -0.39 is 0 Å². The molecule has 3 heterocycles. The molecular formula is C24H16BrClN4O. The highest BCUT2D eigenvalue weighted by Gasteiger charge is 2.40. The fourth-order valence-corrected chi connectivity index (χ4v) is 4.75. The Morgan fingerprint density at radius 2 is 1.77 bits per heavy atom. The average Bonchev–Trinajstić information content (AvgIpc) is 3.27. The number of fused-ring (bicyclic) bond motifs is 3. The Labute approximate surface area is 192 Å². The topological polar surface area (TPSA) is 52.0 Å². The van der Waals surface area contributed by atoms with Crippen molar-refractivity contribution in [1.29, 1.82) is 0 Å². The van der Waals surface area contributed by atoms with E-state index in [1.54, 1.807) is 6.33 Å². The Bertz CT molecular complexity index is 1320. The summed E-state index contributed by atoms with van der Waals surface area (Å²) in [6.45, 7) is 0. The van der Waals surface area contributed by atoms with Crippen molar-refractivity contribution in [1.82, 2.24) is 14.8 Å². The summed E-state index contributed by atoms with van der Waals surface area (Å²) in [5.41, 5.74) is 5.13. The quantitative estimate of drug-likeness (QED) is 0.360. The number of nitrogens with one attached hydrogen (secondary N) is 1. The van der Waals surface area contributed by atoms with Crippen LogP contribution in [0.25, 0.3) is 5.70 Å². The van der Waals surface area contributed by atoms with E-state index in [1.165, 1.54) is 0 Å². The van der Waals surface area contributed by atoms with Crippen LogP contribution < -0.4 is 10.1 Å². The van der Waals surface area contributed by atoms with Crippen LogP contribution in [0.2, 0.25) is 5.02 Å². The molecule has 6 rings (SSSR count). The lowest BCUT2D eigenvalue weighted by molar-refractivity contribution is 0.223. The van der Waals surface area contributed by atoms with E-state index in [-0.39, 0.29) is 12.1 Å². The Balaban J connectivity index is 1.64. The Morgan fingerprint density at radius 1 is 0.968 bits per heavy atom. The zero-order chi connectivity index (χ0) is 20.9. The molecule has 2 aliphatic heterocycles. The molecule has 1 aromatic heterocycles. The molecule has 2 unspecified atom stereocenters. The minimum absolute atomic E-state index is 0.171. The number of hydrogen-bond donors (Lipinski definition) is 1. The number of ether oxygens (including phenoxy) is 1. The Morgan fingerprint density at radius 3 is 2.58 bits per heavy atom. The van der Waals surface area contributed by atoms with Gasteiger partial charge in [0.2, 0.25) is 5.95 Å². The lowest BCUT2D eigenvalue weighted by Gasteiger charge is -2.39. The van der Waals surface area contributed by atoms with Gasteiger partial charge in [-0.1, -0.05) is 70.0 Å². The van der Waals surface area contributed by atoms with Gasteiger partial charge in [0, 0.05) is 20.6 Å². The maximum Gasteiger partial charge on any atom is 0.226 e. The van der Waals surface area contributed by atoms with Gasteiger partial charge in [-0.05, 0) is 41.5 Å². The fourth-order valence-electron chi connectivity index (χ4n) is 4.31. The molecule has 0 aliphatic carbocycles. The first-order chi connectivity index (χ1) is 15.2. The summed E-state index contributed by atoms with van der Waals surface area (Å²) in [7, 11) is 0. The molecule has 0 radical (unpaired) electrons. The van der Waals surface area contributed by atoms with Gasteiger partial charge in [0.05, 0.1) is 5.70 Å². The van der Waals surface area contributed by atoms with Crippen LogP contribution in [0.1, 0.15) is 28.8 Å². The third kappa shape index (κ3) is 3.06. The molecule has 0 spiro atoms. The van der Waals surface area contributed by atoms with Gasteiger partial charge in [-0.25, -0.2) is 4.68 Å². The Kier molecular flexibility index (Phi) is 4.37. The molecular weight excluding hydrogens is 476 g/mol. The number of aromatic nitrogens is 3. The molecule has 0 amide bonds. The van der Waals surface area contributed by atoms with Crippen LogP contribution in [0, 0.1) is 0 Å². The van der Waals surface area contributed by atoms with E-state index in [0.29, 0.717) is 11.0 Å². The van der Waals surface area contributed by atoms with E-state index >= 15 is 0 Å². The molecule has 2 aliphatic rings. The van der Waals surface area contributed by atoms with Crippen molar-refractivity contribution in [3.05, 3.63) is 111 Å². The number of benzene rings is 3. The minimum atomic E-state index is -0.299. The summed E-state index contributed by atoms with van der Waals surface area (Å²) >= 11 is 9.90. The first kappa shape index (κ1) is 18.7. The van der Waals surface area contributed by atoms with Crippen molar-refractivity contribution in [2.45, 2.75) is 12.1 Å². The highest BCUT2D eigenvalue weighted by molar-refractivity contribution is 9.10. The molecule has 1 N–H and O–H groups in total. The van der Waals surface area contributed by atoms with Crippen LogP contribution in [0.4, 0.5) is 5.95 Å². The molecule has 0 fully saturated rings. The van der Waals surface area contributed by atoms with E-state index in [4.69, 9.17) is 16.3 Å². The summed E-state index contributed by atoms with van der Waals surface area (Å²) < 4.78 is 9.53. The van der Waals surface area contributed by atoms with Crippen molar-refractivity contribution >= 4 is 39.2 Å². The van der Waals surface area contributed by atoms with E-state index in [1.807, 2.05) is 53.2 Å². The predicted octanol–water partition coefficient (Wildman–Crippen LogP) is 6.25. The molecule has 0 saturated carbocycles. The predicted molar refractivity (Wildman–Crippen MR) is 124 cm³/mol. The highest BCUT2D eigenvalue weighted by Crippen LogP contribution is 2.51. The second-order valence-corrected chi connectivity index (χ2v) is 8.84. The van der Waals surface area contributed by atoms with Crippen LogP contribution in [0.3, 0.4) is 0 Å². The molecule has 3 aromatic carbocycles. The number of nitrogens with zero attached hydrogens (tertiary/aromatic N) is 3. The minimum Gasteiger partial charge on any atom is -0.480 e. The van der Waals surface area contributed by atoms with Crippen LogP contribution in [-0.2, 0) is 0 Å². The number of anilines is 1. The summed E-state index contributed by atoms with van der Waals surface area (Å²) in [6, 6.07) is 24.1. The second-order valence-electron chi connectivity index (χ2n) is 7.49. The van der Waals surface area contributed by atoms with Crippen molar-refractivity contribution in [3.8, 4) is 5.75 Å². The number of halogens is 2. The van der Waals surface area contributed by atoms with Gasteiger partial charge in [-0.3, -0.25) is 0 Å². The van der Waals surface area contributed by atoms with E-state index in [2.05, 4.69) is 55.6 Å². The van der Waals surface area contributed by atoms with E-state index in [9.17, 15) is 0 Å². The van der Waals surface area contributed by atoms with Gasteiger partial charge in [0.25, 0.3) is 0 Å². The maximum absolute atomic E-state index is 6.59. The Hall–Kier alpha value is -3.09. The molecule has 2 atom stereocenters. The third-order valence-corrected chi connectivity index (χ3v) is 6.43. The summed E-state index contributed by atoms with van der Waals surface area (Å²) in [6.07, 6.45) is 1.28. The van der Waals surface area contributed by atoms with Gasteiger partial charge in [-0.15, -0.1) is 0 Å². The zero-order valence-corrected chi connectivity index (χ0v) is 18.5. The van der Waals surface area contributed by atoms with Crippen LogP contribution in [0.15, 0.2) is 89.2 Å². The van der Waals surface area contributed by atoms with Gasteiger partial charge in [0.1, 0.15) is 24.2 Å².